The topological polar surface area (TPSA) is 170 Å². The van der Waals surface area contributed by atoms with E-state index in [1.165, 1.54) is 0 Å². The number of hydrogen-bond acceptors (Lipinski definition) is 7. The highest BCUT2D eigenvalue weighted by atomic mass is 32.2. The standard InChI is InChI=1S/C4H8N6O3S/c5-2-1(10-14(11,12)13)3(6)9-4(7)8-2/h10H,(H,11,12,13)(H6,5,6,7,8,9). The number of nitrogens with zero attached hydrogens (tertiary/aromatic N) is 2. The monoisotopic (exact) mass is 220 g/mol. The van der Waals surface area contributed by atoms with Gasteiger partial charge in [0, 0.05) is 0 Å². The van der Waals surface area contributed by atoms with Crippen molar-refractivity contribution in [2.75, 3.05) is 21.9 Å². The van der Waals surface area contributed by atoms with Gasteiger partial charge in [0.15, 0.2) is 11.6 Å². The molecule has 0 unspecified atom stereocenters. The van der Waals surface area contributed by atoms with E-state index in [-0.39, 0.29) is 23.3 Å². The second-order valence-corrected chi connectivity index (χ2v) is 3.46. The first-order valence-electron chi connectivity index (χ1n) is 3.23. The van der Waals surface area contributed by atoms with Gasteiger partial charge in [0.2, 0.25) is 5.95 Å². The number of nitrogens with two attached hydrogens (primary N) is 3. The van der Waals surface area contributed by atoms with Crippen molar-refractivity contribution >= 4 is 33.6 Å². The second kappa shape index (κ2) is 3.16. The highest BCUT2D eigenvalue weighted by Gasteiger charge is 2.13. The Kier molecular flexibility index (Phi) is 2.32. The molecule has 14 heavy (non-hydrogen) atoms. The van der Waals surface area contributed by atoms with Crippen molar-refractivity contribution in [1.82, 2.24) is 9.97 Å². The van der Waals surface area contributed by atoms with Crippen LogP contribution >= 0.6 is 0 Å². The molecular weight excluding hydrogens is 212 g/mol. The van der Waals surface area contributed by atoms with E-state index in [1.807, 2.05) is 0 Å². The van der Waals surface area contributed by atoms with E-state index in [1.54, 1.807) is 4.72 Å². The Morgan fingerprint density at radius 3 is 1.93 bits per heavy atom. The van der Waals surface area contributed by atoms with Gasteiger partial charge < -0.3 is 17.2 Å². The predicted octanol–water partition coefficient (Wildman–Crippen LogP) is -1.56. The molecule has 78 valence electrons. The number of nitrogens with one attached hydrogen (secondary N) is 1. The summed E-state index contributed by atoms with van der Waals surface area (Å²) in [5, 5.41) is 0. The lowest BCUT2D eigenvalue weighted by molar-refractivity contribution is 0.489. The minimum atomic E-state index is -4.47. The summed E-state index contributed by atoms with van der Waals surface area (Å²) in [5.41, 5.74) is 15.4. The van der Waals surface area contributed by atoms with Gasteiger partial charge in [-0.2, -0.15) is 18.4 Å². The van der Waals surface area contributed by atoms with Crippen molar-refractivity contribution in [3.05, 3.63) is 0 Å². The largest absolute Gasteiger partial charge is 0.382 e. The lowest BCUT2D eigenvalue weighted by atomic mass is 10.4. The first-order chi connectivity index (χ1) is 6.29. The molecule has 1 aromatic rings. The predicted molar refractivity (Wildman–Crippen MR) is 50.4 cm³/mol. The highest BCUT2D eigenvalue weighted by molar-refractivity contribution is 7.87. The van der Waals surface area contributed by atoms with Crippen LogP contribution < -0.4 is 21.9 Å². The smallest absolute Gasteiger partial charge is 0.357 e. The third kappa shape index (κ3) is 2.34. The minimum absolute atomic E-state index is 0.194. The third-order valence-corrected chi connectivity index (χ3v) is 1.68. The Labute approximate surface area is 79.2 Å². The zero-order chi connectivity index (χ0) is 10.9. The zero-order valence-electron chi connectivity index (χ0n) is 6.80. The summed E-state index contributed by atoms with van der Waals surface area (Å²) in [6.07, 6.45) is 0. The average molecular weight is 220 g/mol. The molecule has 0 amide bonds. The van der Waals surface area contributed by atoms with Crippen LogP contribution in [0.1, 0.15) is 0 Å². The summed E-state index contributed by atoms with van der Waals surface area (Å²) in [6, 6.07) is 0. The van der Waals surface area contributed by atoms with Gasteiger partial charge in [-0.05, 0) is 0 Å². The number of hydrogen-bond donors (Lipinski definition) is 5. The van der Waals surface area contributed by atoms with Crippen LogP contribution in [-0.2, 0) is 10.3 Å². The SMILES string of the molecule is Nc1nc(N)c(NS(=O)(=O)O)c(N)n1. The van der Waals surface area contributed by atoms with Gasteiger partial charge in [-0.3, -0.25) is 9.27 Å². The first kappa shape index (κ1) is 10.3. The summed E-state index contributed by atoms with van der Waals surface area (Å²) in [6.45, 7) is 0. The van der Waals surface area contributed by atoms with Crippen LogP contribution in [0.3, 0.4) is 0 Å². The molecule has 0 spiro atoms. The van der Waals surface area contributed by atoms with Crippen molar-refractivity contribution in [2.24, 2.45) is 0 Å². The van der Waals surface area contributed by atoms with Crippen LogP contribution in [-0.4, -0.2) is 22.9 Å². The molecule has 8 N–H and O–H groups in total. The molecule has 0 fully saturated rings. The molecule has 0 saturated carbocycles. The number of aromatic nitrogens is 2. The van der Waals surface area contributed by atoms with Crippen LogP contribution in [0.4, 0.5) is 23.3 Å². The van der Waals surface area contributed by atoms with Gasteiger partial charge in [-0.15, -0.1) is 0 Å². The maximum atomic E-state index is 10.4. The lowest BCUT2D eigenvalue weighted by Gasteiger charge is -2.07. The van der Waals surface area contributed by atoms with Gasteiger partial charge in [0.25, 0.3) is 0 Å². The summed E-state index contributed by atoms with van der Waals surface area (Å²) >= 11 is 0. The zero-order valence-corrected chi connectivity index (χ0v) is 7.61. The van der Waals surface area contributed by atoms with E-state index in [9.17, 15) is 8.42 Å². The normalized spacial score (nSPS) is 11.2. The molecule has 0 aromatic carbocycles. The van der Waals surface area contributed by atoms with Crippen molar-refractivity contribution in [2.45, 2.75) is 0 Å². The summed E-state index contributed by atoms with van der Waals surface area (Å²) in [7, 11) is -4.47. The molecule has 9 nitrogen and oxygen atoms in total. The average Bonchev–Trinajstić information content (AvgIpc) is 1.95. The fraction of sp³-hybridized carbons (Fsp3) is 0. The van der Waals surface area contributed by atoms with Crippen LogP contribution in [0.25, 0.3) is 0 Å². The van der Waals surface area contributed by atoms with Gasteiger partial charge in [-0.25, -0.2) is 0 Å². The lowest BCUT2D eigenvalue weighted by Crippen LogP contribution is -2.16. The highest BCUT2D eigenvalue weighted by Crippen LogP contribution is 2.23. The first-order valence-corrected chi connectivity index (χ1v) is 4.67. The third-order valence-electron chi connectivity index (χ3n) is 1.21. The summed E-state index contributed by atoms with van der Waals surface area (Å²) in [5.74, 6) is -0.735. The fourth-order valence-electron chi connectivity index (χ4n) is 0.748. The Bertz CT molecular complexity index is 433. The van der Waals surface area contributed by atoms with E-state index in [0.717, 1.165) is 0 Å². The Morgan fingerprint density at radius 2 is 1.57 bits per heavy atom. The van der Waals surface area contributed by atoms with Gasteiger partial charge in [0.05, 0.1) is 0 Å². The molecule has 1 aromatic heterocycles. The molecule has 0 aliphatic heterocycles. The van der Waals surface area contributed by atoms with Crippen molar-refractivity contribution in [3.63, 3.8) is 0 Å². The van der Waals surface area contributed by atoms with E-state index < -0.39 is 10.3 Å². The van der Waals surface area contributed by atoms with Crippen molar-refractivity contribution in [1.29, 1.82) is 0 Å². The molecule has 1 heterocycles. The summed E-state index contributed by atoms with van der Waals surface area (Å²) < 4.78 is 31.0. The molecule has 0 aliphatic carbocycles. The molecular formula is C4H8N6O3S. The Hall–Kier alpha value is -1.81. The Morgan fingerprint density at radius 1 is 1.14 bits per heavy atom. The Balaban J connectivity index is 3.22. The van der Waals surface area contributed by atoms with E-state index in [4.69, 9.17) is 21.8 Å². The molecule has 10 heteroatoms. The van der Waals surface area contributed by atoms with E-state index in [2.05, 4.69) is 9.97 Å². The van der Waals surface area contributed by atoms with Crippen LogP contribution in [0, 0.1) is 0 Å². The minimum Gasteiger partial charge on any atom is -0.382 e. The molecule has 0 aliphatic rings. The molecule has 0 atom stereocenters. The van der Waals surface area contributed by atoms with Crippen molar-refractivity contribution in [3.8, 4) is 0 Å². The quantitative estimate of drug-likeness (QED) is 0.372. The number of rotatable bonds is 2. The maximum absolute atomic E-state index is 10.4. The number of nitrogen functional groups attached to an aromatic ring is 3. The number of anilines is 4. The summed E-state index contributed by atoms with van der Waals surface area (Å²) in [4.78, 5) is 6.89. The maximum Gasteiger partial charge on any atom is 0.357 e. The van der Waals surface area contributed by atoms with Crippen LogP contribution in [0.5, 0.6) is 0 Å². The molecule has 0 saturated heterocycles. The van der Waals surface area contributed by atoms with Gasteiger partial charge in [-0.1, -0.05) is 0 Å². The second-order valence-electron chi connectivity index (χ2n) is 2.30. The van der Waals surface area contributed by atoms with Crippen LogP contribution in [0.15, 0.2) is 0 Å². The van der Waals surface area contributed by atoms with E-state index in [0.29, 0.717) is 0 Å². The molecule has 1 rings (SSSR count). The molecule has 0 bridgehead atoms. The van der Waals surface area contributed by atoms with E-state index >= 15 is 0 Å². The van der Waals surface area contributed by atoms with Gasteiger partial charge in [0.1, 0.15) is 5.69 Å². The fourth-order valence-corrected chi connectivity index (χ4v) is 1.22. The van der Waals surface area contributed by atoms with Crippen LogP contribution in [0.2, 0.25) is 0 Å². The van der Waals surface area contributed by atoms with Crippen molar-refractivity contribution < 1.29 is 13.0 Å². The molecule has 0 radical (unpaired) electrons. The van der Waals surface area contributed by atoms with Gasteiger partial charge >= 0.3 is 10.3 Å².